The fourth-order valence-corrected chi connectivity index (χ4v) is 1.84. The van der Waals surface area contributed by atoms with Crippen LogP contribution in [0.5, 0.6) is 0 Å². The molecule has 0 heterocycles. The zero-order valence-electron chi connectivity index (χ0n) is 7.64. The molecule has 0 radical (unpaired) electrons. The lowest BCUT2D eigenvalue weighted by molar-refractivity contribution is -0.115. The summed E-state index contributed by atoms with van der Waals surface area (Å²) in [6.07, 6.45) is -2.24. The predicted octanol–water partition coefficient (Wildman–Crippen LogP) is 3.89. The van der Waals surface area contributed by atoms with E-state index in [9.17, 15) is 13.6 Å². The van der Waals surface area contributed by atoms with E-state index in [1.54, 1.807) is 6.07 Å². The molecule has 0 unspecified atom stereocenters. The Bertz CT molecular complexity index is 366. The maximum Gasteiger partial charge on any atom is 0.263 e. The molecule has 0 aliphatic heterocycles. The summed E-state index contributed by atoms with van der Waals surface area (Å²) in [6, 6.07) is 4.24. The molecule has 0 saturated carbocycles. The van der Waals surface area contributed by atoms with Crippen LogP contribution in [0.25, 0.3) is 0 Å². The average Bonchev–Trinajstić information content (AvgIpc) is 2.20. The van der Waals surface area contributed by atoms with Crippen molar-refractivity contribution in [3.05, 3.63) is 33.8 Å². The number of hydrogen-bond donors (Lipinski definition) is 0. The predicted molar refractivity (Wildman–Crippen MR) is 61.6 cm³/mol. The van der Waals surface area contributed by atoms with Crippen molar-refractivity contribution in [2.24, 2.45) is 0 Å². The normalized spacial score (nSPS) is 10.7. The second kappa shape index (κ2) is 5.70. The lowest BCUT2D eigenvalue weighted by atomic mass is 10.1. The Morgan fingerprint density at radius 2 is 2.07 bits per heavy atom. The molecule has 0 spiro atoms. The first-order valence-corrected chi connectivity index (χ1v) is 6.10. The molecule has 1 aromatic carbocycles. The van der Waals surface area contributed by atoms with Crippen molar-refractivity contribution in [2.45, 2.75) is 12.8 Å². The Kier molecular flexibility index (Phi) is 4.86. The highest BCUT2D eigenvalue weighted by Gasteiger charge is 2.11. The first kappa shape index (κ1) is 12.8. The van der Waals surface area contributed by atoms with Crippen LogP contribution >= 0.6 is 31.9 Å². The molecule has 15 heavy (non-hydrogen) atoms. The molecule has 0 aromatic heterocycles. The molecular weight excluding hydrogens is 334 g/mol. The van der Waals surface area contributed by atoms with Crippen LogP contribution in [0.2, 0.25) is 0 Å². The second-order valence-electron chi connectivity index (χ2n) is 3.00. The van der Waals surface area contributed by atoms with Crippen molar-refractivity contribution < 1.29 is 13.6 Å². The molecule has 0 atom stereocenters. The van der Waals surface area contributed by atoms with Crippen molar-refractivity contribution >= 4 is 37.6 Å². The van der Waals surface area contributed by atoms with Crippen LogP contribution in [0, 0.1) is 0 Å². The molecule has 82 valence electrons. The number of carbonyl (C=O) groups excluding carboxylic acids is 1. The second-order valence-corrected chi connectivity index (χ2v) is 4.42. The number of halogens is 4. The third kappa shape index (κ3) is 3.65. The van der Waals surface area contributed by atoms with Gasteiger partial charge < -0.3 is 0 Å². The number of benzene rings is 1. The average molecular weight is 342 g/mol. The van der Waals surface area contributed by atoms with E-state index in [1.807, 2.05) is 0 Å². The summed E-state index contributed by atoms with van der Waals surface area (Å²) >= 11 is 6.22. The summed E-state index contributed by atoms with van der Waals surface area (Å²) in [7, 11) is 0. The van der Waals surface area contributed by atoms with Gasteiger partial charge in [-0.05, 0) is 11.6 Å². The molecule has 0 amide bonds. The monoisotopic (exact) mass is 340 g/mol. The maximum absolute atomic E-state index is 12.3. The minimum Gasteiger partial charge on any atom is -0.298 e. The van der Waals surface area contributed by atoms with E-state index < -0.39 is 6.43 Å². The molecule has 1 nitrogen and oxygen atoms in total. The van der Waals surface area contributed by atoms with E-state index in [0.29, 0.717) is 4.47 Å². The Labute approximate surface area is 103 Å². The SMILES string of the molecule is O=C(CBr)Cc1ccc(C(F)F)cc1Br. The van der Waals surface area contributed by atoms with Gasteiger partial charge in [0.15, 0.2) is 0 Å². The molecule has 0 fully saturated rings. The van der Waals surface area contributed by atoms with Gasteiger partial charge >= 0.3 is 0 Å². The minimum atomic E-state index is -2.48. The van der Waals surface area contributed by atoms with Gasteiger partial charge in [0, 0.05) is 16.5 Å². The molecule has 0 aliphatic rings. The first-order valence-electron chi connectivity index (χ1n) is 4.18. The molecule has 0 bridgehead atoms. The van der Waals surface area contributed by atoms with Gasteiger partial charge in [-0.2, -0.15) is 0 Å². The Balaban J connectivity index is 2.88. The zero-order chi connectivity index (χ0) is 11.4. The quantitative estimate of drug-likeness (QED) is 0.759. The van der Waals surface area contributed by atoms with Gasteiger partial charge in [-0.25, -0.2) is 8.78 Å². The number of carbonyl (C=O) groups is 1. The van der Waals surface area contributed by atoms with E-state index in [0.717, 1.165) is 5.56 Å². The standard InChI is InChI=1S/C10H8Br2F2O/c11-5-8(15)3-6-1-2-7(10(13)14)4-9(6)12/h1-2,4,10H,3,5H2. The molecule has 1 rings (SSSR count). The third-order valence-electron chi connectivity index (χ3n) is 1.87. The highest BCUT2D eigenvalue weighted by molar-refractivity contribution is 9.10. The van der Waals surface area contributed by atoms with Crippen molar-refractivity contribution in [1.82, 2.24) is 0 Å². The third-order valence-corrected chi connectivity index (χ3v) is 3.23. The number of hydrogen-bond acceptors (Lipinski definition) is 1. The largest absolute Gasteiger partial charge is 0.298 e. The van der Waals surface area contributed by atoms with Crippen molar-refractivity contribution in [2.75, 3.05) is 5.33 Å². The summed E-state index contributed by atoms with van der Waals surface area (Å²) in [5, 5.41) is 0.274. The molecule has 1 aromatic rings. The summed E-state index contributed by atoms with van der Waals surface area (Å²) in [5.41, 5.74) is 0.681. The Morgan fingerprint density at radius 3 is 2.53 bits per heavy atom. The van der Waals surface area contributed by atoms with Crippen LogP contribution in [-0.4, -0.2) is 11.1 Å². The molecule has 5 heteroatoms. The van der Waals surface area contributed by atoms with Crippen molar-refractivity contribution in [3.8, 4) is 0 Å². The number of ketones is 1. The molecular formula is C10H8Br2F2O. The Morgan fingerprint density at radius 1 is 1.40 bits per heavy atom. The lowest BCUT2D eigenvalue weighted by Crippen LogP contribution is -2.04. The van der Waals surface area contributed by atoms with E-state index in [2.05, 4.69) is 31.9 Å². The Hall–Kier alpha value is -0.290. The summed E-state index contributed by atoms with van der Waals surface area (Å²) in [6.45, 7) is 0. The highest BCUT2D eigenvalue weighted by Crippen LogP contribution is 2.25. The number of rotatable bonds is 4. The number of Topliss-reactive ketones (excluding diaryl/α,β-unsaturated/α-hetero) is 1. The van der Waals surface area contributed by atoms with Crippen molar-refractivity contribution in [1.29, 1.82) is 0 Å². The highest BCUT2D eigenvalue weighted by atomic mass is 79.9. The summed E-state index contributed by atoms with van der Waals surface area (Å²) in [4.78, 5) is 11.1. The van der Waals surface area contributed by atoms with Crippen LogP contribution in [0.3, 0.4) is 0 Å². The van der Waals surface area contributed by atoms with Gasteiger partial charge in [-0.1, -0.05) is 44.0 Å². The lowest BCUT2D eigenvalue weighted by Gasteiger charge is -2.05. The van der Waals surface area contributed by atoms with E-state index >= 15 is 0 Å². The van der Waals surface area contributed by atoms with Crippen LogP contribution < -0.4 is 0 Å². The van der Waals surface area contributed by atoms with Crippen LogP contribution in [-0.2, 0) is 11.2 Å². The van der Waals surface area contributed by atoms with Crippen LogP contribution in [0.4, 0.5) is 8.78 Å². The summed E-state index contributed by atoms with van der Waals surface area (Å²) < 4.78 is 25.2. The smallest absolute Gasteiger partial charge is 0.263 e. The molecule has 0 N–H and O–H groups in total. The molecule has 0 saturated heterocycles. The van der Waals surface area contributed by atoms with Gasteiger partial charge in [0.05, 0.1) is 5.33 Å². The topological polar surface area (TPSA) is 17.1 Å². The maximum atomic E-state index is 12.3. The minimum absolute atomic E-state index is 0.0143. The van der Waals surface area contributed by atoms with Crippen LogP contribution in [0.1, 0.15) is 17.6 Å². The van der Waals surface area contributed by atoms with Gasteiger partial charge in [0.1, 0.15) is 5.78 Å². The van der Waals surface area contributed by atoms with Crippen molar-refractivity contribution in [3.63, 3.8) is 0 Å². The van der Waals surface area contributed by atoms with Crippen LogP contribution in [0.15, 0.2) is 22.7 Å². The zero-order valence-corrected chi connectivity index (χ0v) is 10.8. The first-order chi connectivity index (χ1) is 7.04. The number of alkyl halides is 3. The van der Waals surface area contributed by atoms with E-state index in [-0.39, 0.29) is 23.1 Å². The van der Waals surface area contributed by atoms with E-state index in [4.69, 9.17) is 0 Å². The summed E-state index contributed by atoms with van der Waals surface area (Å²) in [5.74, 6) is 0.0143. The fourth-order valence-electron chi connectivity index (χ4n) is 1.10. The van der Waals surface area contributed by atoms with E-state index in [1.165, 1.54) is 12.1 Å². The van der Waals surface area contributed by atoms with Gasteiger partial charge in [0.25, 0.3) is 6.43 Å². The molecule has 0 aliphatic carbocycles. The van der Waals surface area contributed by atoms with Gasteiger partial charge in [0.2, 0.25) is 0 Å². The van der Waals surface area contributed by atoms with Gasteiger partial charge in [-0.3, -0.25) is 4.79 Å². The fraction of sp³-hybridized carbons (Fsp3) is 0.300. The van der Waals surface area contributed by atoms with Gasteiger partial charge in [-0.15, -0.1) is 0 Å².